The number of nitrogens with zero attached hydrogens (tertiary/aromatic N) is 2. The highest BCUT2D eigenvalue weighted by molar-refractivity contribution is 7.98. The second kappa shape index (κ2) is 8.19. The molecule has 7 heteroatoms. The molecule has 1 aromatic carbocycles. The van der Waals surface area contributed by atoms with Crippen LogP contribution in [0.1, 0.15) is 28.9 Å². The van der Waals surface area contributed by atoms with Crippen LogP contribution in [0.4, 0.5) is 8.78 Å². The van der Waals surface area contributed by atoms with Crippen LogP contribution in [-0.2, 0) is 22.6 Å². The van der Waals surface area contributed by atoms with Crippen molar-refractivity contribution in [2.45, 2.75) is 38.5 Å². The molecule has 2 aromatic rings. The summed E-state index contributed by atoms with van der Waals surface area (Å²) in [4.78, 5) is 20.6. The summed E-state index contributed by atoms with van der Waals surface area (Å²) in [7, 11) is 0. The van der Waals surface area contributed by atoms with Crippen LogP contribution in [0.5, 0.6) is 0 Å². The van der Waals surface area contributed by atoms with E-state index in [2.05, 4.69) is 9.97 Å². The first-order valence-corrected chi connectivity index (χ1v) is 8.61. The summed E-state index contributed by atoms with van der Waals surface area (Å²) in [5.74, 6) is -2.43. The lowest BCUT2D eigenvalue weighted by Gasteiger charge is -2.10. The number of hydrogen-bond acceptors (Lipinski definition) is 5. The number of rotatable bonds is 6. The molecule has 1 aromatic heterocycles. The number of ether oxygens (including phenoxy) is 1. The van der Waals surface area contributed by atoms with Gasteiger partial charge in [-0.15, -0.1) is 0 Å². The molecule has 0 spiro atoms. The Morgan fingerprint density at radius 2 is 1.88 bits per heavy atom. The van der Waals surface area contributed by atoms with E-state index in [0.29, 0.717) is 11.6 Å². The molecule has 0 radical (unpaired) electrons. The normalized spacial score (nSPS) is 10.7. The molecule has 0 fully saturated rings. The average molecular weight is 352 g/mol. The molecule has 0 saturated carbocycles. The molecular formula is C17H18F2N2O2S. The van der Waals surface area contributed by atoms with Gasteiger partial charge in [-0.1, -0.05) is 23.9 Å². The van der Waals surface area contributed by atoms with Gasteiger partial charge in [-0.2, -0.15) is 0 Å². The number of aryl methyl sites for hydroxylation is 2. The van der Waals surface area contributed by atoms with Gasteiger partial charge in [0.25, 0.3) is 0 Å². The van der Waals surface area contributed by atoms with Crippen LogP contribution in [0.25, 0.3) is 0 Å². The predicted molar refractivity (Wildman–Crippen MR) is 87.8 cm³/mol. The third-order valence-corrected chi connectivity index (χ3v) is 4.13. The van der Waals surface area contributed by atoms with Crippen LogP contribution in [-0.4, -0.2) is 22.2 Å². The SMILES string of the molecule is CSc1nc(C)c(CCC(=O)OCc2cccc(F)c2F)c(C)n1. The summed E-state index contributed by atoms with van der Waals surface area (Å²) >= 11 is 1.46. The van der Waals surface area contributed by atoms with Crippen molar-refractivity contribution >= 4 is 17.7 Å². The molecule has 128 valence electrons. The maximum absolute atomic E-state index is 13.5. The first kappa shape index (κ1) is 18.3. The molecule has 0 unspecified atom stereocenters. The van der Waals surface area contributed by atoms with Gasteiger partial charge < -0.3 is 4.74 Å². The Morgan fingerprint density at radius 1 is 1.21 bits per heavy atom. The van der Waals surface area contributed by atoms with Crippen LogP contribution in [0.2, 0.25) is 0 Å². The monoisotopic (exact) mass is 352 g/mol. The predicted octanol–water partition coefficient (Wildman–Crippen LogP) is 3.77. The van der Waals surface area contributed by atoms with Crippen molar-refractivity contribution in [3.05, 3.63) is 52.3 Å². The van der Waals surface area contributed by atoms with Gasteiger partial charge in [-0.25, -0.2) is 18.7 Å². The van der Waals surface area contributed by atoms with Crippen LogP contribution >= 0.6 is 11.8 Å². The number of thioether (sulfide) groups is 1. The largest absolute Gasteiger partial charge is 0.461 e. The number of carbonyl (C=O) groups is 1. The quantitative estimate of drug-likeness (QED) is 0.450. The van der Waals surface area contributed by atoms with E-state index in [-0.39, 0.29) is 18.6 Å². The van der Waals surface area contributed by atoms with Crippen LogP contribution in [0.15, 0.2) is 23.4 Å². The Bertz CT molecular complexity index is 730. The van der Waals surface area contributed by atoms with Gasteiger partial charge in [0, 0.05) is 23.4 Å². The van der Waals surface area contributed by atoms with E-state index >= 15 is 0 Å². The van der Waals surface area contributed by atoms with Gasteiger partial charge in [0.15, 0.2) is 16.8 Å². The van der Waals surface area contributed by atoms with E-state index in [1.165, 1.54) is 23.9 Å². The molecule has 0 aliphatic carbocycles. The van der Waals surface area contributed by atoms with E-state index in [4.69, 9.17) is 4.74 Å². The van der Waals surface area contributed by atoms with E-state index in [1.807, 2.05) is 20.1 Å². The van der Waals surface area contributed by atoms with Gasteiger partial charge in [-0.3, -0.25) is 4.79 Å². The summed E-state index contributed by atoms with van der Waals surface area (Å²) in [6, 6.07) is 3.78. The Labute approximate surface area is 143 Å². The Kier molecular flexibility index (Phi) is 6.25. The molecule has 0 saturated heterocycles. The van der Waals surface area contributed by atoms with Crippen LogP contribution in [0.3, 0.4) is 0 Å². The molecule has 0 aliphatic heterocycles. The number of aromatic nitrogens is 2. The minimum atomic E-state index is -0.988. The maximum atomic E-state index is 13.5. The zero-order chi connectivity index (χ0) is 17.7. The number of halogens is 2. The molecule has 0 atom stereocenters. The fourth-order valence-electron chi connectivity index (χ4n) is 2.28. The molecular weight excluding hydrogens is 334 g/mol. The highest BCUT2D eigenvalue weighted by atomic mass is 32.2. The van der Waals surface area contributed by atoms with Crippen molar-refractivity contribution in [2.75, 3.05) is 6.26 Å². The standard InChI is InChI=1S/C17H18F2N2O2S/c1-10-13(11(2)21-17(20-10)24-3)7-8-15(22)23-9-12-5-4-6-14(18)16(12)19/h4-6H,7-9H2,1-3H3. The van der Waals surface area contributed by atoms with Gasteiger partial charge in [0.2, 0.25) is 0 Å². The summed E-state index contributed by atoms with van der Waals surface area (Å²) in [6.07, 6.45) is 2.47. The van der Waals surface area contributed by atoms with Crippen molar-refractivity contribution < 1.29 is 18.3 Å². The van der Waals surface area contributed by atoms with Crippen molar-refractivity contribution in [3.8, 4) is 0 Å². The van der Waals surface area contributed by atoms with Gasteiger partial charge >= 0.3 is 5.97 Å². The van der Waals surface area contributed by atoms with E-state index in [1.54, 1.807) is 0 Å². The highest BCUT2D eigenvalue weighted by Crippen LogP contribution is 2.18. The molecule has 1 heterocycles. The lowest BCUT2D eigenvalue weighted by molar-refractivity contribution is -0.145. The third kappa shape index (κ3) is 4.50. The summed E-state index contributed by atoms with van der Waals surface area (Å²) in [5, 5.41) is 0.693. The summed E-state index contributed by atoms with van der Waals surface area (Å²) < 4.78 is 31.6. The molecule has 0 bridgehead atoms. The summed E-state index contributed by atoms with van der Waals surface area (Å²) in [5.41, 5.74) is 2.58. The third-order valence-electron chi connectivity index (χ3n) is 3.58. The van der Waals surface area contributed by atoms with Crippen molar-refractivity contribution in [2.24, 2.45) is 0 Å². The van der Waals surface area contributed by atoms with Gasteiger partial charge in [0.1, 0.15) is 6.61 Å². The zero-order valence-corrected chi connectivity index (χ0v) is 14.5. The fraction of sp³-hybridized carbons (Fsp3) is 0.353. The fourth-order valence-corrected chi connectivity index (χ4v) is 2.74. The van der Waals surface area contributed by atoms with Gasteiger partial charge in [0.05, 0.1) is 0 Å². The minimum Gasteiger partial charge on any atom is -0.461 e. The van der Waals surface area contributed by atoms with Crippen LogP contribution in [0, 0.1) is 25.5 Å². The Morgan fingerprint density at radius 3 is 2.50 bits per heavy atom. The van der Waals surface area contributed by atoms with Gasteiger partial charge in [-0.05, 0) is 38.2 Å². The van der Waals surface area contributed by atoms with Crippen molar-refractivity contribution in [3.63, 3.8) is 0 Å². The number of esters is 1. The molecule has 0 N–H and O–H groups in total. The lowest BCUT2D eigenvalue weighted by Crippen LogP contribution is -2.09. The molecule has 0 amide bonds. The Balaban J connectivity index is 1.93. The lowest BCUT2D eigenvalue weighted by atomic mass is 10.1. The first-order valence-electron chi connectivity index (χ1n) is 7.39. The van der Waals surface area contributed by atoms with Crippen LogP contribution < -0.4 is 0 Å². The molecule has 2 rings (SSSR count). The van der Waals surface area contributed by atoms with Crippen molar-refractivity contribution in [1.29, 1.82) is 0 Å². The smallest absolute Gasteiger partial charge is 0.306 e. The molecule has 4 nitrogen and oxygen atoms in total. The zero-order valence-electron chi connectivity index (χ0n) is 13.7. The second-order valence-electron chi connectivity index (χ2n) is 5.23. The summed E-state index contributed by atoms with van der Waals surface area (Å²) in [6.45, 7) is 3.46. The van der Waals surface area contributed by atoms with E-state index < -0.39 is 17.6 Å². The number of hydrogen-bond donors (Lipinski definition) is 0. The van der Waals surface area contributed by atoms with E-state index in [0.717, 1.165) is 23.0 Å². The number of benzene rings is 1. The first-order chi connectivity index (χ1) is 11.4. The topological polar surface area (TPSA) is 52.1 Å². The number of carbonyl (C=O) groups excluding carboxylic acids is 1. The Hall–Kier alpha value is -2.02. The maximum Gasteiger partial charge on any atom is 0.306 e. The average Bonchev–Trinajstić information content (AvgIpc) is 2.55. The molecule has 0 aliphatic rings. The molecule has 24 heavy (non-hydrogen) atoms. The van der Waals surface area contributed by atoms with E-state index in [9.17, 15) is 13.6 Å². The van der Waals surface area contributed by atoms with Crippen molar-refractivity contribution in [1.82, 2.24) is 9.97 Å². The second-order valence-corrected chi connectivity index (χ2v) is 6.01. The highest BCUT2D eigenvalue weighted by Gasteiger charge is 2.13. The minimum absolute atomic E-state index is 0.0170.